The number of nitrogens with zero attached hydrogens (tertiary/aromatic N) is 2. The molecule has 0 saturated carbocycles. The van der Waals surface area contributed by atoms with E-state index in [1.807, 2.05) is 18.7 Å². The number of nitrogens with one attached hydrogen (secondary N) is 2. The normalized spacial score (nSPS) is 24.1. The highest BCUT2D eigenvalue weighted by molar-refractivity contribution is 5.80. The predicted octanol–water partition coefficient (Wildman–Crippen LogP) is -0.735. The Morgan fingerprint density at radius 2 is 1.95 bits per heavy atom. The first-order valence-corrected chi connectivity index (χ1v) is 7.57. The van der Waals surface area contributed by atoms with Crippen LogP contribution in [0.5, 0.6) is 0 Å². The molecule has 1 atom stereocenters. The number of carbonyl (C=O) groups excluding carboxylic acids is 2. The van der Waals surface area contributed by atoms with Crippen LogP contribution in [-0.4, -0.2) is 73.5 Å². The van der Waals surface area contributed by atoms with Gasteiger partial charge in [0.05, 0.1) is 12.5 Å². The fraction of sp³-hybridized carbons (Fsp3) is 0.857. The van der Waals surface area contributed by atoms with Crippen molar-refractivity contribution in [2.75, 3.05) is 45.8 Å². The van der Waals surface area contributed by atoms with Gasteiger partial charge in [-0.25, -0.2) is 0 Å². The lowest BCUT2D eigenvalue weighted by molar-refractivity contribution is -0.136. The minimum atomic E-state index is 0.0692. The summed E-state index contributed by atoms with van der Waals surface area (Å²) in [4.78, 5) is 28.0. The topological polar surface area (TPSA) is 64.7 Å². The summed E-state index contributed by atoms with van der Waals surface area (Å²) in [6, 6.07) is 0.181. The zero-order valence-electron chi connectivity index (χ0n) is 12.5. The highest BCUT2D eigenvalue weighted by Gasteiger charge is 2.29. The summed E-state index contributed by atoms with van der Waals surface area (Å²) < 4.78 is 0. The highest BCUT2D eigenvalue weighted by atomic mass is 16.2. The summed E-state index contributed by atoms with van der Waals surface area (Å²) in [5.74, 6) is 0.506. The molecule has 0 aliphatic carbocycles. The van der Waals surface area contributed by atoms with Gasteiger partial charge in [-0.1, -0.05) is 0 Å². The first kappa shape index (κ1) is 15.3. The molecule has 2 fully saturated rings. The zero-order valence-corrected chi connectivity index (χ0v) is 12.5. The molecular weight excluding hydrogens is 256 g/mol. The van der Waals surface area contributed by atoms with E-state index in [0.29, 0.717) is 6.54 Å². The van der Waals surface area contributed by atoms with Crippen molar-refractivity contribution < 1.29 is 9.59 Å². The lowest BCUT2D eigenvalue weighted by Gasteiger charge is -2.35. The van der Waals surface area contributed by atoms with E-state index in [0.717, 1.165) is 45.7 Å². The Kier molecular flexibility index (Phi) is 5.37. The zero-order chi connectivity index (χ0) is 14.5. The van der Waals surface area contributed by atoms with Crippen molar-refractivity contribution in [2.45, 2.75) is 26.3 Å². The van der Waals surface area contributed by atoms with E-state index in [9.17, 15) is 9.59 Å². The Hall–Kier alpha value is -1.14. The van der Waals surface area contributed by atoms with Gasteiger partial charge in [0.1, 0.15) is 0 Å². The molecule has 20 heavy (non-hydrogen) atoms. The van der Waals surface area contributed by atoms with Gasteiger partial charge in [-0.15, -0.1) is 0 Å². The van der Waals surface area contributed by atoms with Crippen LogP contribution in [0, 0.1) is 5.92 Å². The lowest BCUT2D eigenvalue weighted by Crippen LogP contribution is -2.52. The fourth-order valence-corrected chi connectivity index (χ4v) is 2.82. The van der Waals surface area contributed by atoms with E-state index in [1.165, 1.54) is 0 Å². The Morgan fingerprint density at radius 3 is 2.50 bits per heavy atom. The van der Waals surface area contributed by atoms with Gasteiger partial charge in [-0.3, -0.25) is 14.5 Å². The maximum atomic E-state index is 12.3. The number of piperazine rings is 1. The average Bonchev–Trinajstić information content (AvgIpc) is 2.91. The molecule has 6 heteroatoms. The number of hydrogen-bond donors (Lipinski definition) is 2. The quantitative estimate of drug-likeness (QED) is 0.713. The Morgan fingerprint density at radius 1 is 1.25 bits per heavy atom. The molecule has 0 aromatic carbocycles. The third-order valence-corrected chi connectivity index (χ3v) is 3.91. The van der Waals surface area contributed by atoms with Gasteiger partial charge in [-0.2, -0.15) is 0 Å². The van der Waals surface area contributed by atoms with Crippen molar-refractivity contribution in [2.24, 2.45) is 5.92 Å². The van der Waals surface area contributed by atoms with Gasteiger partial charge in [0.2, 0.25) is 11.8 Å². The van der Waals surface area contributed by atoms with Crippen molar-refractivity contribution in [3.05, 3.63) is 0 Å². The molecule has 0 radical (unpaired) electrons. The molecule has 6 nitrogen and oxygen atoms in total. The van der Waals surface area contributed by atoms with Crippen LogP contribution in [0.3, 0.4) is 0 Å². The molecule has 1 unspecified atom stereocenters. The molecule has 0 aromatic heterocycles. The third-order valence-electron chi connectivity index (χ3n) is 3.91. The second-order valence-corrected chi connectivity index (χ2v) is 6.01. The van der Waals surface area contributed by atoms with Crippen LogP contribution >= 0.6 is 0 Å². The second kappa shape index (κ2) is 7.04. The average molecular weight is 282 g/mol. The summed E-state index contributed by atoms with van der Waals surface area (Å²) in [5, 5.41) is 6.13. The lowest BCUT2D eigenvalue weighted by atomic mass is 10.1. The Bertz CT molecular complexity index is 345. The van der Waals surface area contributed by atoms with Crippen LogP contribution in [-0.2, 0) is 9.59 Å². The van der Waals surface area contributed by atoms with Crippen LogP contribution in [0.4, 0.5) is 0 Å². The molecule has 2 N–H and O–H groups in total. The third kappa shape index (κ3) is 4.18. The minimum absolute atomic E-state index is 0.0692. The van der Waals surface area contributed by atoms with Crippen LogP contribution < -0.4 is 10.6 Å². The van der Waals surface area contributed by atoms with Gasteiger partial charge >= 0.3 is 0 Å². The smallest absolute Gasteiger partial charge is 0.234 e. The standard InChI is InChI=1S/C14H26N4O2/c1-11(2)16-13(19)10-17-5-7-18(8-6-17)14(20)12-3-4-15-9-12/h11-12,15H,3-10H2,1-2H3,(H,16,19). The van der Waals surface area contributed by atoms with Crippen LogP contribution in [0.15, 0.2) is 0 Å². The van der Waals surface area contributed by atoms with Crippen molar-refractivity contribution >= 4 is 11.8 Å². The molecule has 2 heterocycles. The predicted molar refractivity (Wildman–Crippen MR) is 77.3 cm³/mol. The van der Waals surface area contributed by atoms with Gasteiger partial charge in [0.15, 0.2) is 0 Å². The van der Waals surface area contributed by atoms with Crippen molar-refractivity contribution in [1.82, 2.24) is 20.4 Å². The van der Waals surface area contributed by atoms with Crippen LogP contribution in [0.1, 0.15) is 20.3 Å². The summed E-state index contributed by atoms with van der Waals surface area (Å²) in [6.45, 7) is 9.18. The van der Waals surface area contributed by atoms with E-state index in [4.69, 9.17) is 0 Å². The van der Waals surface area contributed by atoms with E-state index < -0.39 is 0 Å². The molecule has 0 spiro atoms. The van der Waals surface area contributed by atoms with Crippen molar-refractivity contribution in [3.63, 3.8) is 0 Å². The second-order valence-electron chi connectivity index (χ2n) is 6.01. The van der Waals surface area contributed by atoms with E-state index in [1.54, 1.807) is 0 Å². The van der Waals surface area contributed by atoms with Crippen molar-refractivity contribution in [1.29, 1.82) is 0 Å². The van der Waals surface area contributed by atoms with Crippen LogP contribution in [0.2, 0.25) is 0 Å². The summed E-state index contributed by atoms with van der Waals surface area (Å²) in [7, 11) is 0. The van der Waals surface area contributed by atoms with E-state index >= 15 is 0 Å². The molecule has 0 aromatic rings. The molecule has 2 saturated heterocycles. The summed E-state index contributed by atoms with van der Waals surface area (Å²) in [6.07, 6.45) is 0.954. The highest BCUT2D eigenvalue weighted by Crippen LogP contribution is 2.13. The van der Waals surface area contributed by atoms with Gasteiger partial charge in [0, 0.05) is 38.8 Å². The largest absolute Gasteiger partial charge is 0.353 e. The maximum Gasteiger partial charge on any atom is 0.234 e. The van der Waals surface area contributed by atoms with Gasteiger partial charge in [-0.05, 0) is 26.8 Å². The van der Waals surface area contributed by atoms with Gasteiger partial charge < -0.3 is 15.5 Å². The number of carbonyl (C=O) groups is 2. The number of rotatable bonds is 4. The molecule has 0 bridgehead atoms. The molecular formula is C14H26N4O2. The molecule has 2 aliphatic heterocycles. The Balaban J connectivity index is 1.72. The fourth-order valence-electron chi connectivity index (χ4n) is 2.82. The first-order chi connectivity index (χ1) is 9.56. The van der Waals surface area contributed by atoms with E-state index in [2.05, 4.69) is 15.5 Å². The first-order valence-electron chi connectivity index (χ1n) is 7.57. The monoisotopic (exact) mass is 282 g/mol. The minimum Gasteiger partial charge on any atom is -0.353 e. The molecule has 114 valence electrons. The molecule has 2 rings (SSSR count). The molecule has 2 amide bonds. The van der Waals surface area contributed by atoms with Crippen LogP contribution in [0.25, 0.3) is 0 Å². The summed E-state index contributed by atoms with van der Waals surface area (Å²) in [5.41, 5.74) is 0. The summed E-state index contributed by atoms with van der Waals surface area (Å²) >= 11 is 0. The van der Waals surface area contributed by atoms with E-state index in [-0.39, 0.29) is 23.8 Å². The SMILES string of the molecule is CC(C)NC(=O)CN1CCN(C(=O)C2CCNC2)CC1. The molecule has 2 aliphatic rings. The maximum absolute atomic E-state index is 12.3. The number of amides is 2. The van der Waals surface area contributed by atoms with Crippen molar-refractivity contribution in [3.8, 4) is 0 Å². The Labute approximate surface area is 120 Å². The van der Waals surface area contributed by atoms with Gasteiger partial charge in [0.25, 0.3) is 0 Å². The number of hydrogen-bond acceptors (Lipinski definition) is 4.